The van der Waals surface area contributed by atoms with Gasteiger partial charge in [0.2, 0.25) is 5.90 Å². The van der Waals surface area contributed by atoms with E-state index in [1.54, 1.807) is 13.8 Å². The van der Waals surface area contributed by atoms with Gasteiger partial charge in [-0.05, 0) is 32.0 Å². The SMILES string of the molecule is CCOC(=N)[C@H](O)c1cc(F)ccc1OCC. The Morgan fingerprint density at radius 1 is 1.41 bits per heavy atom. The largest absolute Gasteiger partial charge is 0.493 e. The maximum atomic E-state index is 13.1. The minimum absolute atomic E-state index is 0.199. The summed E-state index contributed by atoms with van der Waals surface area (Å²) < 4.78 is 23.3. The van der Waals surface area contributed by atoms with Crippen LogP contribution < -0.4 is 4.74 Å². The molecule has 5 heteroatoms. The summed E-state index contributed by atoms with van der Waals surface area (Å²) in [4.78, 5) is 0. The van der Waals surface area contributed by atoms with Crippen molar-refractivity contribution in [1.29, 1.82) is 5.41 Å². The van der Waals surface area contributed by atoms with Crippen molar-refractivity contribution in [3.8, 4) is 5.75 Å². The number of hydrogen-bond donors (Lipinski definition) is 2. The Labute approximate surface area is 99.5 Å². The van der Waals surface area contributed by atoms with Gasteiger partial charge < -0.3 is 14.6 Å². The van der Waals surface area contributed by atoms with Gasteiger partial charge in [0.15, 0.2) is 6.10 Å². The monoisotopic (exact) mass is 241 g/mol. The third kappa shape index (κ3) is 3.42. The number of hydrogen-bond acceptors (Lipinski definition) is 4. The Balaban J connectivity index is 3.01. The first-order valence-electron chi connectivity index (χ1n) is 5.41. The molecule has 0 spiro atoms. The predicted molar refractivity (Wildman–Crippen MR) is 61.9 cm³/mol. The topological polar surface area (TPSA) is 62.5 Å². The van der Waals surface area contributed by atoms with Crippen LogP contribution in [-0.2, 0) is 4.74 Å². The second-order valence-electron chi connectivity index (χ2n) is 3.31. The first-order valence-corrected chi connectivity index (χ1v) is 5.41. The van der Waals surface area contributed by atoms with E-state index in [4.69, 9.17) is 14.9 Å². The Hall–Kier alpha value is -1.62. The standard InChI is InChI=1S/C12H16FNO3/c1-3-16-10-6-5-8(13)7-9(10)11(15)12(14)17-4-2/h5-7,11,14-15H,3-4H2,1-2H3/t11-/m1/s1. The van der Waals surface area contributed by atoms with Crippen LogP contribution in [-0.4, -0.2) is 24.2 Å². The van der Waals surface area contributed by atoms with Crippen LogP contribution in [0, 0.1) is 11.2 Å². The van der Waals surface area contributed by atoms with E-state index < -0.39 is 11.9 Å². The molecule has 0 aliphatic heterocycles. The molecule has 1 aromatic rings. The van der Waals surface area contributed by atoms with Gasteiger partial charge in [-0.2, -0.15) is 0 Å². The van der Waals surface area contributed by atoms with Crippen LogP contribution >= 0.6 is 0 Å². The van der Waals surface area contributed by atoms with Crippen molar-refractivity contribution in [2.45, 2.75) is 20.0 Å². The molecular weight excluding hydrogens is 225 g/mol. The second kappa shape index (κ2) is 6.20. The van der Waals surface area contributed by atoms with Crippen molar-refractivity contribution < 1.29 is 19.0 Å². The van der Waals surface area contributed by atoms with Crippen LogP contribution in [0.15, 0.2) is 18.2 Å². The summed E-state index contributed by atoms with van der Waals surface area (Å²) in [7, 11) is 0. The smallest absolute Gasteiger partial charge is 0.215 e. The highest BCUT2D eigenvalue weighted by Gasteiger charge is 2.20. The summed E-state index contributed by atoms with van der Waals surface area (Å²) >= 11 is 0. The van der Waals surface area contributed by atoms with Crippen LogP contribution in [0.5, 0.6) is 5.75 Å². The highest BCUT2D eigenvalue weighted by molar-refractivity contribution is 5.79. The van der Waals surface area contributed by atoms with Crippen LogP contribution in [0.3, 0.4) is 0 Å². The molecule has 0 bridgehead atoms. The van der Waals surface area contributed by atoms with E-state index in [-0.39, 0.29) is 18.1 Å². The van der Waals surface area contributed by atoms with Crippen molar-refractivity contribution in [3.05, 3.63) is 29.6 Å². The predicted octanol–water partition coefficient (Wildman–Crippen LogP) is 2.27. The number of rotatable bonds is 5. The molecule has 0 unspecified atom stereocenters. The fourth-order valence-electron chi connectivity index (χ4n) is 1.40. The van der Waals surface area contributed by atoms with Gasteiger partial charge in [0, 0.05) is 5.56 Å². The first kappa shape index (κ1) is 13.4. The normalized spacial score (nSPS) is 12.0. The zero-order valence-corrected chi connectivity index (χ0v) is 9.87. The van der Waals surface area contributed by atoms with E-state index in [9.17, 15) is 9.50 Å². The summed E-state index contributed by atoms with van der Waals surface area (Å²) in [6, 6.07) is 3.81. The first-order chi connectivity index (χ1) is 8.10. The molecule has 0 saturated carbocycles. The lowest BCUT2D eigenvalue weighted by Crippen LogP contribution is -2.16. The van der Waals surface area contributed by atoms with Crippen LogP contribution in [0.1, 0.15) is 25.5 Å². The van der Waals surface area contributed by atoms with Crippen LogP contribution in [0.25, 0.3) is 0 Å². The van der Waals surface area contributed by atoms with E-state index >= 15 is 0 Å². The summed E-state index contributed by atoms with van der Waals surface area (Å²) in [5.41, 5.74) is 0.199. The Morgan fingerprint density at radius 3 is 2.71 bits per heavy atom. The minimum Gasteiger partial charge on any atom is -0.493 e. The molecule has 0 saturated heterocycles. The van der Waals surface area contributed by atoms with Gasteiger partial charge in [0.05, 0.1) is 13.2 Å². The number of benzene rings is 1. The van der Waals surface area contributed by atoms with Crippen molar-refractivity contribution in [2.75, 3.05) is 13.2 Å². The summed E-state index contributed by atoms with van der Waals surface area (Å²) in [6.07, 6.45) is -1.31. The van der Waals surface area contributed by atoms with Gasteiger partial charge in [-0.25, -0.2) is 4.39 Å². The van der Waals surface area contributed by atoms with E-state index in [0.717, 1.165) is 6.07 Å². The molecule has 0 heterocycles. The molecule has 0 aromatic heterocycles. The third-order valence-corrected chi connectivity index (χ3v) is 2.11. The average molecular weight is 241 g/mol. The zero-order valence-electron chi connectivity index (χ0n) is 9.87. The lowest BCUT2D eigenvalue weighted by Gasteiger charge is -2.16. The third-order valence-electron chi connectivity index (χ3n) is 2.11. The van der Waals surface area contributed by atoms with Crippen LogP contribution in [0.2, 0.25) is 0 Å². The molecule has 0 aliphatic rings. The number of aliphatic hydroxyl groups is 1. The van der Waals surface area contributed by atoms with Gasteiger partial charge in [0.25, 0.3) is 0 Å². The molecule has 1 atom stereocenters. The van der Waals surface area contributed by atoms with E-state index in [1.807, 2.05) is 0 Å². The number of ether oxygens (including phenoxy) is 2. The number of aliphatic hydroxyl groups excluding tert-OH is 1. The molecule has 0 aliphatic carbocycles. The van der Waals surface area contributed by atoms with Gasteiger partial charge in [-0.1, -0.05) is 0 Å². The van der Waals surface area contributed by atoms with Gasteiger partial charge in [-0.15, -0.1) is 0 Å². The summed E-state index contributed by atoms with van der Waals surface area (Å²) in [5.74, 6) is -0.461. The Bertz CT molecular complexity index is 395. The minimum atomic E-state index is -1.31. The second-order valence-corrected chi connectivity index (χ2v) is 3.31. The molecule has 1 rings (SSSR count). The Kier molecular flexibility index (Phi) is 4.90. The maximum Gasteiger partial charge on any atom is 0.215 e. The van der Waals surface area contributed by atoms with Gasteiger partial charge in [-0.3, -0.25) is 5.41 Å². The molecule has 0 fully saturated rings. The van der Waals surface area contributed by atoms with Crippen molar-refractivity contribution in [2.24, 2.45) is 0 Å². The van der Waals surface area contributed by atoms with Crippen molar-refractivity contribution in [3.63, 3.8) is 0 Å². The molecule has 2 N–H and O–H groups in total. The lowest BCUT2D eigenvalue weighted by molar-refractivity contribution is 0.185. The highest BCUT2D eigenvalue weighted by Crippen LogP contribution is 2.27. The van der Waals surface area contributed by atoms with Crippen molar-refractivity contribution in [1.82, 2.24) is 0 Å². The molecule has 17 heavy (non-hydrogen) atoms. The number of halogens is 1. The summed E-state index contributed by atoms with van der Waals surface area (Å²) in [5, 5.41) is 17.3. The van der Waals surface area contributed by atoms with Gasteiger partial charge in [0.1, 0.15) is 11.6 Å². The fraction of sp³-hybridized carbons (Fsp3) is 0.417. The average Bonchev–Trinajstić information content (AvgIpc) is 2.31. The molecule has 0 amide bonds. The molecule has 0 radical (unpaired) electrons. The molecular formula is C12H16FNO3. The molecule has 4 nitrogen and oxygen atoms in total. The van der Waals surface area contributed by atoms with Crippen molar-refractivity contribution >= 4 is 5.90 Å². The van der Waals surface area contributed by atoms with Gasteiger partial charge >= 0.3 is 0 Å². The maximum absolute atomic E-state index is 13.1. The molecule has 94 valence electrons. The van der Waals surface area contributed by atoms with Crippen LogP contribution in [0.4, 0.5) is 4.39 Å². The number of nitrogens with one attached hydrogen (secondary N) is 1. The quantitative estimate of drug-likeness (QED) is 0.614. The summed E-state index contributed by atoms with van der Waals surface area (Å²) in [6.45, 7) is 4.16. The van der Waals surface area contributed by atoms with E-state index in [2.05, 4.69) is 0 Å². The lowest BCUT2D eigenvalue weighted by atomic mass is 10.1. The Morgan fingerprint density at radius 2 is 2.12 bits per heavy atom. The van der Waals surface area contributed by atoms with E-state index in [1.165, 1.54) is 12.1 Å². The van der Waals surface area contributed by atoms with E-state index in [0.29, 0.717) is 12.4 Å². The highest BCUT2D eigenvalue weighted by atomic mass is 19.1. The fourth-order valence-corrected chi connectivity index (χ4v) is 1.40. The zero-order chi connectivity index (χ0) is 12.8. The molecule has 1 aromatic carbocycles.